The molecule has 1 aromatic heterocycles. The number of ketones is 2. The summed E-state index contributed by atoms with van der Waals surface area (Å²) < 4.78 is 0. The van der Waals surface area contributed by atoms with Crippen LogP contribution in [0.1, 0.15) is 28.6 Å². The fraction of sp³-hybridized carbons (Fsp3) is 0.214. The van der Waals surface area contributed by atoms with Crippen LogP contribution in [0.5, 0.6) is 5.88 Å². The predicted octanol–water partition coefficient (Wildman–Crippen LogP) is 2.99. The molecule has 1 N–H and O–H groups in total. The molecule has 0 unspecified atom stereocenters. The molecule has 4 nitrogen and oxygen atoms in total. The van der Waals surface area contributed by atoms with Gasteiger partial charge < -0.3 is 5.11 Å². The zero-order valence-electron chi connectivity index (χ0n) is 10.6. The Balaban J connectivity index is 2.23. The van der Waals surface area contributed by atoms with Crippen LogP contribution in [0.15, 0.2) is 24.3 Å². The lowest BCUT2D eigenvalue weighted by Gasteiger charge is -2.00. The molecule has 1 heterocycles. The van der Waals surface area contributed by atoms with Gasteiger partial charge in [-0.1, -0.05) is 24.3 Å². The van der Waals surface area contributed by atoms with Crippen molar-refractivity contribution in [1.82, 2.24) is 4.98 Å². The van der Waals surface area contributed by atoms with Crippen LogP contribution in [0.4, 0.5) is 0 Å². The van der Waals surface area contributed by atoms with E-state index in [1.54, 1.807) is 31.2 Å². The summed E-state index contributed by atoms with van der Waals surface area (Å²) in [7, 11) is 0. The highest BCUT2D eigenvalue weighted by Gasteiger charge is 2.11. The number of carbonyl (C=O) groups excluding carboxylic acids is 2. The first-order valence-corrected chi connectivity index (χ1v) is 6.58. The molecule has 2 rings (SSSR count). The third-order valence-electron chi connectivity index (χ3n) is 2.64. The largest absolute Gasteiger partial charge is 0.492 e. The molecule has 0 fully saturated rings. The van der Waals surface area contributed by atoms with Gasteiger partial charge >= 0.3 is 0 Å². The maximum Gasteiger partial charge on any atom is 0.225 e. The van der Waals surface area contributed by atoms with Gasteiger partial charge in [-0.05, 0) is 13.8 Å². The number of aryl methyl sites for hydroxylation is 1. The van der Waals surface area contributed by atoms with Crippen molar-refractivity contribution in [3.05, 3.63) is 34.7 Å². The summed E-state index contributed by atoms with van der Waals surface area (Å²) in [6.45, 7) is 3.19. The second kappa shape index (κ2) is 5.32. The molecule has 0 bridgehead atoms. The average Bonchev–Trinajstić information content (AvgIpc) is 2.69. The second-order valence-electron chi connectivity index (χ2n) is 4.28. The fourth-order valence-electron chi connectivity index (χ4n) is 1.64. The van der Waals surface area contributed by atoms with E-state index < -0.39 is 0 Å². The summed E-state index contributed by atoms with van der Waals surface area (Å²) in [5.41, 5.74) is 1.35. The standard InChI is InChI=1S/C14H13NO3S/c1-8(16)7-12(17)10-3-5-11(6-4-10)14-15-13(18)9(2)19-14/h3-6,18H,7H2,1-2H3. The molecule has 0 aliphatic rings. The Morgan fingerprint density at radius 1 is 1.26 bits per heavy atom. The molecule has 98 valence electrons. The Labute approximate surface area is 114 Å². The second-order valence-corrected chi connectivity index (χ2v) is 5.48. The van der Waals surface area contributed by atoms with Gasteiger partial charge in [-0.15, -0.1) is 11.3 Å². The Hall–Kier alpha value is -2.01. The maximum absolute atomic E-state index is 11.7. The molecule has 0 amide bonds. The highest BCUT2D eigenvalue weighted by atomic mass is 32.1. The Kier molecular flexibility index (Phi) is 3.76. The molecular weight excluding hydrogens is 262 g/mol. The van der Waals surface area contributed by atoms with Crippen LogP contribution < -0.4 is 0 Å². The number of hydrogen-bond donors (Lipinski definition) is 1. The highest BCUT2D eigenvalue weighted by Crippen LogP contribution is 2.30. The lowest BCUT2D eigenvalue weighted by atomic mass is 10.0. The zero-order valence-corrected chi connectivity index (χ0v) is 11.5. The normalized spacial score (nSPS) is 10.4. The van der Waals surface area contributed by atoms with Crippen LogP contribution in [0.2, 0.25) is 0 Å². The van der Waals surface area contributed by atoms with Gasteiger partial charge in [0.25, 0.3) is 0 Å². The molecular formula is C14H13NO3S. The Morgan fingerprint density at radius 3 is 2.37 bits per heavy atom. The van der Waals surface area contributed by atoms with Crippen LogP contribution in [0.3, 0.4) is 0 Å². The number of benzene rings is 1. The highest BCUT2D eigenvalue weighted by molar-refractivity contribution is 7.15. The van der Waals surface area contributed by atoms with E-state index in [9.17, 15) is 14.7 Å². The van der Waals surface area contributed by atoms with E-state index in [1.165, 1.54) is 18.3 Å². The summed E-state index contributed by atoms with van der Waals surface area (Å²) in [5, 5.41) is 10.2. The molecule has 0 saturated heterocycles. The van der Waals surface area contributed by atoms with Crippen LogP contribution >= 0.6 is 11.3 Å². The molecule has 2 aromatic rings. The average molecular weight is 275 g/mol. The third-order valence-corrected chi connectivity index (χ3v) is 3.64. The minimum Gasteiger partial charge on any atom is -0.492 e. The first-order valence-electron chi connectivity index (χ1n) is 5.77. The number of aromatic hydroxyl groups is 1. The van der Waals surface area contributed by atoms with Crippen molar-refractivity contribution in [1.29, 1.82) is 0 Å². The van der Waals surface area contributed by atoms with Gasteiger partial charge in [0.05, 0.1) is 11.3 Å². The SMILES string of the molecule is CC(=O)CC(=O)c1ccc(-c2nc(O)c(C)s2)cc1. The Bertz CT molecular complexity index is 609. The predicted molar refractivity (Wildman–Crippen MR) is 73.6 cm³/mol. The third kappa shape index (κ3) is 3.06. The van der Waals surface area contributed by atoms with Crippen molar-refractivity contribution >= 4 is 22.9 Å². The van der Waals surface area contributed by atoms with E-state index in [4.69, 9.17) is 0 Å². The first-order chi connectivity index (χ1) is 8.97. The van der Waals surface area contributed by atoms with Gasteiger partial charge in [-0.25, -0.2) is 4.98 Å². The monoisotopic (exact) mass is 275 g/mol. The van der Waals surface area contributed by atoms with Crippen LogP contribution in [0, 0.1) is 6.92 Å². The number of nitrogens with zero attached hydrogens (tertiary/aromatic N) is 1. The van der Waals surface area contributed by atoms with E-state index in [0.717, 1.165) is 10.4 Å². The minimum absolute atomic E-state index is 0.0386. The summed E-state index contributed by atoms with van der Waals surface area (Å²) in [4.78, 5) is 27.4. The molecule has 0 radical (unpaired) electrons. The van der Waals surface area contributed by atoms with E-state index >= 15 is 0 Å². The fourth-order valence-corrected chi connectivity index (χ4v) is 2.45. The number of aromatic nitrogens is 1. The van der Waals surface area contributed by atoms with Gasteiger partial charge in [0.2, 0.25) is 5.88 Å². The lowest BCUT2D eigenvalue weighted by molar-refractivity contribution is -0.116. The molecule has 0 saturated carbocycles. The van der Waals surface area contributed by atoms with Crippen LogP contribution in [-0.2, 0) is 4.79 Å². The van der Waals surface area contributed by atoms with Gasteiger partial charge in [0, 0.05) is 11.1 Å². The van der Waals surface area contributed by atoms with Gasteiger partial charge in [0.1, 0.15) is 10.8 Å². The first kappa shape index (κ1) is 13.4. The Morgan fingerprint density at radius 2 is 1.89 bits per heavy atom. The molecule has 1 aromatic carbocycles. The number of hydrogen-bond acceptors (Lipinski definition) is 5. The van der Waals surface area contributed by atoms with E-state index in [-0.39, 0.29) is 23.9 Å². The number of carbonyl (C=O) groups is 2. The quantitative estimate of drug-likeness (QED) is 0.688. The van der Waals surface area contributed by atoms with Crippen molar-refractivity contribution in [3.8, 4) is 16.5 Å². The van der Waals surface area contributed by atoms with Crippen molar-refractivity contribution in [3.63, 3.8) is 0 Å². The van der Waals surface area contributed by atoms with Crippen molar-refractivity contribution in [2.75, 3.05) is 0 Å². The van der Waals surface area contributed by atoms with Crippen LogP contribution in [0.25, 0.3) is 10.6 Å². The van der Waals surface area contributed by atoms with Gasteiger partial charge in [0.15, 0.2) is 5.78 Å². The van der Waals surface area contributed by atoms with Gasteiger partial charge in [-0.3, -0.25) is 9.59 Å². The smallest absolute Gasteiger partial charge is 0.225 e. The van der Waals surface area contributed by atoms with Gasteiger partial charge in [-0.2, -0.15) is 0 Å². The van der Waals surface area contributed by atoms with Crippen LogP contribution in [-0.4, -0.2) is 21.7 Å². The molecule has 5 heteroatoms. The van der Waals surface area contributed by atoms with E-state index in [1.807, 2.05) is 0 Å². The van der Waals surface area contributed by atoms with Crippen molar-refractivity contribution in [2.45, 2.75) is 20.3 Å². The molecule has 0 aliphatic carbocycles. The molecule has 19 heavy (non-hydrogen) atoms. The zero-order chi connectivity index (χ0) is 14.0. The van der Waals surface area contributed by atoms with E-state index in [2.05, 4.69) is 4.98 Å². The molecule has 0 spiro atoms. The number of thiazole rings is 1. The maximum atomic E-state index is 11.7. The summed E-state index contributed by atoms with van der Waals surface area (Å²) >= 11 is 1.39. The minimum atomic E-state index is -0.183. The molecule has 0 atom stereocenters. The lowest BCUT2D eigenvalue weighted by Crippen LogP contribution is -2.04. The summed E-state index contributed by atoms with van der Waals surface area (Å²) in [5.74, 6) is -0.288. The number of rotatable bonds is 4. The summed E-state index contributed by atoms with van der Waals surface area (Å²) in [6.07, 6.45) is -0.0729. The molecule has 0 aliphatic heterocycles. The van der Waals surface area contributed by atoms with Crippen molar-refractivity contribution in [2.24, 2.45) is 0 Å². The topological polar surface area (TPSA) is 67.3 Å². The number of Topliss-reactive ketones (excluding diaryl/α,β-unsaturated/α-hetero) is 2. The summed E-state index contributed by atoms with van der Waals surface area (Å²) in [6, 6.07) is 6.89. The van der Waals surface area contributed by atoms with E-state index in [0.29, 0.717) is 10.6 Å². The van der Waals surface area contributed by atoms with Crippen molar-refractivity contribution < 1.29 is 14.7 Å².